The molecule has 0 aromatic heterocycles. The maximum Gasteiger partial charge on any atom is 0.422 e. The van der Waals surface area contributed by atoms with Crippen LogP contribution in [-0.4, -0.2) is 59.8 Å². The van der Waals surface area contributed by atoms with E-state index in [2.05, 4.69) is 10.9 Å². The van der Waals surface area contributed by atoms with Crippen molar-refractivity contribution in [2.75, 3.05) is 26.2 Å². The molecular formula is C24H40N4O5. The first-order valence-corrected chi connectivity index (χ1v) is 11.3. The molecule has 0 spiro atoms. The van der Waals surface area contributed by atoms with Gasteiger partial charge in [0, 0.05) is 13.1 Å². The quantitative estimate of drug-likeness (QED) is 0.362. The normalized spacial score (nSPS) is 11.6. The number of rotatable bonds is 12. The first kappa shape index (κ1) is 28.4. The molecule has 1 aromatic rings. The van der Waals surface area contributed by atoms with Crippen molar-refractivity contribution in [3.63, 3.8) is 0 Å². The monoisotopic (exact) mass is 464 g/mol. The lowest BCUT2D eigenvalue weighted by Crippen LogP contribution is -2.54. The summed E-state index contributed by atoms with van der Waals surface area (Å²) >= 11 is 0. The molecule has 0 aliphatic rings. The Morgan fingerprint density at radius 3 is 2.12 bits per heavy atom. The van der Waals surface area contributed by atoms with Crippen molar-refractivity contribution >= 4 is 18.0 Å². The van der Waals surface area contributed by atoms with Crippen LogP contribution in [0.4, 0.5) is 4.79 Å². The number of nitrogens with one attached hydrogen (secondary N) is 2. The van der Waals surface area contributed by atoms with Gasteiger partial charge in [-0.15, -0.1) is 0 Å². The summed E-state index contributed by atoms with van der Waals surface area (Å²) in [7, 11) is 0. The van der Waals surface area contributed by atoms with E-state index in [1.807, 2.05) is 58.0 Å². The molecule has 2 amide bonds. The molecule has 0 heterocycles. The molecule has 0 saturated carbocycles. The van der Waals surface area contributed by atoms with Crippen LogP contribution in [-0.2, 0) is 25.7 Å². The van der Waals surface area contributed by atoms with Gasteiger partial charge in [0.1, 0.15) is 18.8 Å². The Bertz CT molecular complexity index is 747. The van der Waals surface area contributed by atoms with E-state index in [0.29, 0.717) is 13.1 Å². The van der Waals surface area contributed by atoms with Gasteiger partial charge in [0.15, 0.2) is 0 Å². The molecule has 0 atom stereocenters. The van der Waals surface area contributed by atoms with Gasteiger partial charge in [0.05, 0.1) is 6.54 Å². The van der Waals surface area contributed by atoms with Crippen LogP contribution in [0.15, 0.2) is 30.3 Å². The number of amides is 2. The molecule has 9 heteroatoms. The topological polar surface area (TPSA) is 100 Å². The Hall–Kier alpha value is -2.65. The fourth-order valence-corrected chi connectivity index (χ4v) is 2.84. The number of hydrogen-bond acceptors (Lipinski definition) is 7. The molecule has 2 N–H and O–H groups in total. The largest absolute Gasteiger partial charge is 0.460 e. The molecule has 0 aliphatic carbocycles. The summed E-state index contributed by atoms with van der Waals surface area (Å²) in [6, 6.07) is 9.38. The molecule has 9 nitrogen and oxygen atoms in total. The molecule has 186 valence electrons. The summed E-state index contributed by atoms with van der Waals surface area (Å²) in [5.41, 5.74) is 5.77. The maximum absolute atomic E-state index is 13.0. The Morgan fingerprint density at radius 1 is 0.970 bits per heavy atom. The molecule has 0 aliphatic heterocycles. The lowest BCUT2D eigenvalue weighted by Gasteiger charge is -2.30. The van der Waals surface area contributed by atoms with Gasteiger partial charge in [0.2, 0.25) is 0 Å². The number of esters is 1. The summed E-state index contributed by atoms with van der Waals surface area (Å²) in [6.45, 7) is 14.0. The van der Waals surface area contributed by atoms with Crippen LogP contribution in [0.25, 0.3) is 0 Å². The zero-order chi connectivity index (χ0) is 25.0. The van der Waals surface area contributed by atoms with Crippen molar-refractivity contribution in [3.05, 3.63) is 35.9 Å². The summed E-state index contributed by atoms with van der Waals surface area (Å²) in [6.07, 6.45) is -0.621. The maximum atomic E-state index is 13.0. The van der Waals surface area contributed by atoms with Crippen molar-refractivity contribution in [1.29, 1.82) is 0 Å². The highest BCUT2D eigenvalue weighted by Crippen LogP contribution is 2.08. The van der Waals surface area contributed by atoms with Gasteiger partial charge in [-0.05, 0) is 38.2 Å². The van der Waals surface area contributed by atoms with Gasteiger partial charge in [0.25, 0.3) is 5.91 Å². The van der Waals surface area contributed by atoms with Crippen molar-refractivity contribution in [3.8, 4) is 0 Å². The van der Waals surface area contributed by atoms with E-state index in [1.165, 1.54) is 10.0 Å². The number of hydrazine groups is 2. The second kappa shape index (κ2) is 13.8. The second-order valence-corrected chi connectivity index (χ2v) is 9.77. The van der Waals surface area contributed by atoms with Crippen molar-refractivity contribution in [2.24, 2.45) is 11.8 Å². The second-order valence-electron chi connectivity index (χ2n) is 9.77. The van der Waals surface area contributed by atoms with E-state index < -0.39 is 17.7 Å². The number of benzene rings is 1. The fraction of sp³-hybridized carbons (Fsp3) is 0.625. The lowest BCUT2D eigenvalue weighted by atomic mass is 10.2. The summed E-state index contributed by atoms with van der Waals surface area (Å²) < 4.78 is 10.6. The smallest absolute Gasteiger partial charge is 0.422 e. The van der Waals surface area contributed by atoms with Gasteiger partial charge in [-0.3, -0.25) is 20.0 Å². The van der Waals surface area contributed by atoms with Crippen LogP contribution in [0, 0.1) is 11.8 Å². The van der Waals surface area contributed by atoms with Crippen LogP contribution >= 0.6 is 0 Å². The summed E-state index contributed by atoms with van der Waals surface area (Å²) in [4.78, 5) is 37.4. The molecule has 0 saturated heterocycles. The van der Waals surface area contributed by atoms with Crippen LogP contribution in [0.5, 0.6) is 0 Å². The van der Waals surface area contributed by atoms with Crippen LogP contribution in [0.2, 0.25) is 0 Å². The number of nitrogens with zero attached hydrogens (tertiary/aromatic N) is 2. The zero-order valence-electron chi connectivity index (χ0n) is 21.0. The number of ether oxygens (including phenoxy) is 2. The van der Waals surface area contributed by atoms with E-state index in [1.54, 1.807) is 20.8 Å². The third-order valence-electron chi connectivity index (χ3n) is 4.07. The van der Waals surface area contributed by atoms with Gasteiger partial charge in [-0.1, -0.05) is 58.0 Å². The third-order valence-corrected chi connectivity index (χ3v) is 4.07. The molecule has 1 rings (SSSR count). The molecule has 33 heavy (non-hydrogen) atoms. The third kappa shape index (κ3) is 13.5. The van der Waals surface area contributed by atoms with E-state index in [9.17, 15) is 14.4 Å². The minimum absolute atomic E-state index is 0.0732. The van der Waals surface area contributed by atoms with Crippen LogP contribution in [0.1, 0.15) is 54.0 Å². The SMILES string of the molecule is CC(C)CN(CC(=O)N(CC(C)C)NCC(=O)OCc1ccccc1)NC(=O)OC(C)(C)C. The van der Waals surface area contributed by atoms with Crippen LogP contribution < -0.4 is 10.9 Å². The first-order chi connectivity index (χ1) is 15.4. The molecule has 0 fully saturated rings. The summed E-state index contributed by atoms with van der Waals surface area (Å²) in [5, 5.41) is 2.93. The van der Waals surface area contributed by atoms with Gasteiger partial charge >= 0.3 is 12.1 Å². The number of carbonyl (C=O) groups is 3. The first-order valence-electron chi connectivity index (χ1n) is 11.3. The lowest BCUT2D eigenvalue weighted by molar-refractivity contribution is -0.146. The summed E-state index contributed by atoms with van der Waals surface area (Å²) in [5.74, 6) is -0.381. The van der Waals surface area contributed by atoms with E-state index in [4.69, 9.17) is 9.47 Å². The predicted octanol–water partition coefficient (Wildman–Crippen LogP) is 3.12. The number of carbonyl (C=O) groups excluding carboxylic acids is 3. The van der Waals surface area contributed by atoms with Crippen LogP contribution in [0.3, 0.4) is 0 Å². The van der Waals surface area contributed by atoms with E-state index >= 15 is 0 Å². The molecule has 1 aromatic carbocycles. The zero-order valence-corrected chi connectivity index (χ0v) is 21.0. The van der Waals surface area contributed by atoms with Gasteiger partial charge < -0.3 is 9.47 Å². The molecule has 0 radical (unpaired) electrons. The van der Waals surface area contributed by atoms with Crippen molar-refractivity contribution in [1.82, 2.24) is 20.9 Å². The Morgan fingerprint density at radius 2 is 1.58 bits per heavy atom. The Balaban J connectivity index is 2.69. The number of hydrogen-bond donors (Lipinski definition) is 2. The highest BCUT2D eigenvalue weighted by atomic mass is 16.6. The minimum Gasteiger partial charge on any atom is -0.460 e. The predicted molar refractivity (Wildman–Crippen MR) is 127 cm³/mol. The van der Waals surface area contributed by atoms with Gasteiger partial charge in [-0.25, -0.2) is 15.2 Å². The molecular weight excluding hydrogens is 424 g/mol. The van der Waals surface area contributed by atoms with Crippen molar-refractivity contribution in [2.45, 2.75) is 60.7 Å². The minimum atomic E-state index is -0.650. The van der Waals surface area contributed by atoms with Crippen molar-refractivity contribution < 1.29 is 23.9 Å². The van der Waals surface area contributed by atoms with Gasteiger partial charge in [-0.2, -0.15) is 0 Å². The molecule has 0 unspecified atom stereocenters. The highest BCUT2D eigenvalue weighted by Gasteiger charge is 2.23. The molecule has 0 bridgehead atoms. The van der Waals surface area contributed by atoms with E-state index in [-0.39, 0.29) is 37.4 Å². The standard InChI is InChI=1S/C24H40N4O5/c1-18(2)14-27(26-23(31)33-24(5,6)7)16-21(29)28(15-19(3)4)25-13-22(30)32-17-20-11-9-8-10-12-20/h8-12,18-19,25H,13-17H2,1-7H3,(H,26,31). The highest BCUT2D eigenvalue weighted by molar-refractivity contribution is 5.79. The van der Waals surface area contributed by atoms with E-state index in [0.717, 1.165) is 5.56 Å². The Kier molecular flexibility index (Phi) is 11.9. The average Bonchev–Trinajstić information content (AvgIpc) is 2.67. The fourth-order valence-electron chi connectivity index (χ4n) is 2.84. The Labute approximate surface area is 197 Å². The average molecular weight is 465 g/mol.